The fourth-order valence-corrected chi connectivity index (χ4v) is 2.89. The van der Waals surface area contributed by atoms with Crippen molar-refractivity contribution in [3.8, 4) is 5.75 Å². The molecule has 0 unspecified atom stereocenters. The molecular weight excluding hydrogens is 288 g/mol. The van der Waals surface area contributed by atoms with Gasteiger partial charge in [0, 0.05) is 37.6 Å². The zero-order chi connectivity index (χ0) is 15.2. The Kier molecular flexibility index (Phi) is 5.88. The lowest BCUT2D eigenvalue weighted by Gasteiger charge is -2.22. The molecule has 1 aliphatic rings. The number of alkyl halides is 1. The standard InChI is InChI=1S/C16H23ClN2O2/c1-13-4-5-14(12-15(13)21-2)16(20)19-8-3-7-18(9-6-17)10-11-19/h4-5,12H,3,6-11H2,1-2H3. The van der Waals surface area contributed by atoms with Gasteiger partial charge in [-0.25, -0.2) is 0 Å². The Morgan fingerprint density at radius 2 is 2.10 bits per heavy atom. The van der Waals surface area contributed by atoms with Crippen molar-refractivity contribution in [2.45, 2.75) is 13.3 Å². The van der Waals surface area contributed by atoms with E-state index in [-0.39, 0.29) is 5.91 Å². The SMILES string of the molecule is COc1cc(C(=O)N2CCCN(CCCl)CC2)ccc1C. The van der Waals surface area contributed by atoms with E-state index in [2.05, 4.69) is 4.90 Å². The Hall–Kier alpha value is -1.26. The Bertz CT molecular complexity index is 493. The Labute approximate surface area is 131 Å². The number of ether oxygens (including phenoxy) is 1. The minimum atomic E-state index is 0.0843. The van der Waals surface area contributed by atoms with Crippen LogP contribution in [-0.2, 0) is 0 Å². The van der Waals surface area contributed by atoms with Gasteiger partial charge in [-0.2, -0.15) is 0 Å². The minimum absolute atomic E-state index is 0.0843. The second-order valence-electron chi connectivity index (χ2n) is 5.36. The van der Waals surface area contributed by atoms with Gasteiger partial charge in [0.25, 0.3) is 5.91 Å². The highest BCUT2D eigenvalue weighted by Crippen LogP contribution is 2.20. The summed E-state index contributed by atoms with van der Waals surface area (Å²) in [6.07, 6.45) is 0.992. The maximum absolute atomic E-state index is 12.6. The summed E-state index contributed by atoms with van der Waals surface area (Å²) in [6, 6.07) is 5.64. The molecule has 1 amide bonds. The fourth-order valence-electron chi connectivity index (χ4n) is 2.65. The summed E-state index contributed by atoms with van der Waals surface area (Å²) in [5.74, 6) is 1.49. The summed E-state index contributed by atoms with van der Waals surface area (Å²) in [7, 11) is 1.63. The number of hydrogen-bond acceptors (Lipinski definition) is 3. The molecule has 0 bridgehead atoms. The number of methoxy groups -OCH3 is 1. The number of hydrogen-bond donors (Lipinski definition) is 0. The zero-order valence-corrected chi connectivity index (χ0v) is 13.5. The Morgan fingerprint density at radius 3 is 2.81 bits per heavy atom. The third-order valence-electron chi connectivity index (χ3n) is 3.93. The molecule has 5 heteroatoms. The molecule has 1 saturated heterocycles. The van der Waals surface area contributed by atoms with Crippen LogP contribution in [0.5, 0.6) is 5.75 Å². The molecule has 1 aromatic carbocycles. The summed E-state index contributed by atoms with van der Waals surface area (Å²) in [5.41, 5.74) is 1.74. The number of amides is 1. The van der Waals surface area contributed by atoms with Crippen molar-refractivity contribution in [3.63, 3.8) is 0 Å². The first kappa shape index (κ1) is 16.1. The molecule has 2 rings (SSSR count). The molecule has 1 aromatic rings. The van der Waals surface area contributed by atoms with E-state index in [1.54, 1.807) is 7.11 Å². The van der Waals surface area contributed by atoms with Crippen LogP contribution in [-0.4, -0.2) is 61.4 Å². The summed E-state index contributed by atoms with van der Waals surface area (Å²) in [6.45, 7) is 6.32. The normalized spacial score (nSPS) is 16.6. The van der Waals surface area contributed by atoms with E-state index in [0.29, 0.717) is 11.4 Å². The average molecular weight is 311 g/mol. The van der Waals surface area contributed by atoms with Crippen molar-refractivity contribution in [1.29, 1.82) is 0 Å². The second kappa shape index (κ2) is 7.66. The molecule has 1 fully saturated rings. The van der Waals surface area contributed by atoms with Crippen LogP contribution >= 0.6 is 11.6 Å². The minimum Gasteiger partial charge on any atom is -0.496 e. The van der Waals surface area contributed by atoms with Gasteiger partial charge in [-0.15, -0.1) is 11.6 Å². The largest absolute Gasteiger partial charge is 0.496 e. The molecule has 0 radical (unpaired) electrons. The van der Waals surface area contributed by atoms with Crippen molar-refractivity contribution in [3.05, 3.63) is 29.3 Å². The average Bonchev–Trinajstić information content (AvgIpc) is 2.73. The number of benzene rings is 1. The quantitative estimate of drug-likeness (QED) is 0.801. The van der Waals surface area contributed by atoms with E-state index in [1.165, 1.54) is 0 Å². The van der Waals surface area contributed by atoms with Crippen molar-refractivity contribution >= 4 is 17.5 Å². The summed E-state index contributed by atoms with van der Waals surface area (Å²) >= 11 is 5.80. The Morgan fingerprint density at radius 1 is 1.29 bits per heavy atom. The van der Waals surface area contributed by atoms with E-state index >= 15 is 0 Å². The molecule has 21 heavy (non-hydrogen) atoms. The number of aryl methyl sites for hydroxylation is 1. The van der Waals surface area contributed by atoms with Crippen LogP contribution in [0.1, 0.15) is 22.3 Å². The third kappa shape index (κ3) is 4.11. The summed E-state index contributed by atoms with van der Waals surface area (Å²) in [5, 5.41) is 0. The predicted octanol–water partition coefficient (Wildman–Crippen LogP) is 2.39. The monoisotopic (exact) mass is 310 g/mol. The van der Waals surface area contributed by atoms with Crippen molar-refractivity contribution in [1.82, 2.24) is 9.80 Å². The molecular formula is C16H23ClN2O2. The number of carbonyl (C=O) groups is 1. The Balaban J connectivity index is 2.06. The van der Waals surface area contributed by atoms with Gasteiger partial charge in [0.15, 0.2) is 0 Å². The van der Waals surface area contributed by atoms with Crippen LogP contribution in [0.4, 0.5) is 0 Å². The number of halogens is 1. The van der Waals surface area contributed by atoms with Crippen molar-refractivity contribution in [2.24, 2.45) is 0 Å². The highest BCUT2D eigenvalue weighted by molar-refractivity contribution is 6.18. The van der Waals surface area contributed by atoms with Crippen LogP contribution in [0.25, 0.3) is 0 Å². The van der Waals surface area contributed by atoms with Crippen LogP contribution in [0.3, 0.4) is 0 Å². The van der Waals surface area contributed by atoms with Crippen LogP contribution in [0, 0.1) is 6.92 Å². The first-order chi connectivity index (χ1) is 10.2. The van der Waals surface area contributed by atoms with Crippen LogP contribution < -0.4 is 4.74 Å². The third-order valence-corrected chi connectivity index (χ3v) is 4.10. The van der Waals surface area contributed by atoms with E-state index in [0.717, 1.165) is 50.5 Å². The zero-order valence-electron chi connectivity index (χ0n) is 12.8. The van der Waals surface area contributed by atoms with Gasteiger partial charge in [-0.1, -0.05) is 6.07 Å². The molecule has 0 atom stereocenters. The molecule has 0 saturated carbocycles. The maximum Gasteiger partial charge on any atom is 0.254 e. The fraction of sp³-hybridized carbons (Fsp3) is 0.562. The van der Waals surface area contributed by atoms with Gasteiger partial charge in [0.05, 0.1) is 7.11 Å². The molecule has 0 aromatic heterocycles. The molecule has 0 N–H and O–H groups in total. The van der Waals surface area contributed by atoms with E-state index in [4.69, 9.17) is 16.3 Å². The number of carbonyl (C=O) groups excluding carboxylic acids is 1. The maximum atomic E-state index is 12.6. The van der Waals surface area contributed by atoms with Gasteiger partial charge >= 0.3 is 0 Å². The lowest BCUT2D eigenvalue weighted by Crippen LogP contribution is -2.35. The lowest BCUT2D eigenvalue weighted by atomic mass is 10.1. The van der Waals surface area contributed by atoms with Crippen LogP contribution in [0.15, 0.2) is 18.2 Å². The molecule has 4 nitrogen and oxygen atoms in total. The van der Waals surface area contributed by atoms with Gasteiger partial charge in [0.1, 0.15) is 5.75 Å². The summed E-state index contributed by atoms with van der Waals surface area (Å²) in [4.78, 5) is 16.9. The van der Waals surface area contributed by atoms with Crippen molar-refractivity contribution < 1.29 is 9.53 Å². The van der Waals surface area contributed by atoms with E-state index in [9.17, 15) is 4.79 Å². The first-order valence-electron chi connectivity index (χ1n) is 7.38. The molecule has 0 spiro atoms. The van der Waals surface area contributed by atoms with Crippen LogP contribution in [0.2, 0.25) is 0 Å². The van der Waals surface area contributed by atoms with Gasteiger partial charge < -0.3 is 14.5 Å². The lowest BCUT2D eigenvalue weighted by molar-refractivity contribution is 0.0761. The predicted molar refractivity (Wildman–Crippen MR) is 85.4 cm³/mol. The smallest absolute Gasteiger partial charge is 0.254 e. The van der Waals surface area contributed by atoms with Gasteiger partial charge in [0.2, 0.25) is 0 Å². The number of nitrogens with zero attached hydrogens (tertiary/aromatic N) is 2. The molecule has 1 heterocycles. The summed E-state index contributed by atoms with van der Waals surface area (Å²) < 4.78 is 5.30. The first-order valence-corrected chi connectivity index (χ1v) is 7.91. The van der Waals surface area contributed by atoms with Gasteiger partial charge in [-0.05, 0) is 37.6 Å². The van der Waals surface area contributed by atoms with E-state index < -0.39 is 0 Å². The molecule has 116 valence electrons. The highest BCUT2D eigenvalue weighted by atomic mass is 35.5. The molecule has 0 aliphatic carbocycles. The number of rotatable bonds is 4. The molecule has 1 aliphatic heterocycles. The van der Waals surface area contributed by atoms with Gasteiger partial charge in [-0.3, -0.25) is 4.79 Å². The topological polar surface area (TPSA) is 32.8 Å². The second-order valence-corrected chi connectivity index (χ2v) is 5.74. The van der Waals surface area contributed by atoms with E-state index in [1.807, 2.05) is 30.0 Å². The highest BCUT2D eigenvalue weighted by Gasteiger charge is 2.20. The van der Waals surface area contributed by atoms with Crippen molar-refractivity contribution in [2.75, 3.05) is 45.7 Å².